The van der Waals surface area contributed by atoms with Crippen LogP contribution in [0.5, 0.6) is 0 Å². The molecule has 0 spiro atoms. The second-order valence-electron chi connectivity index (χ2n) is 5.84. The van der Waals surface area contributed by atoms with Crippen molar-refractivity contribution in [2.75, 3.05) is 11.9 Å². The molecule has 2 aromatic rings. The number of carbonyl (C=O) groups is 2. The van der Waals surface area contributed by atoms with Gasteiger partial charge in [0.05, 0.1) is 0 Å². The number of aromatic nitrogens is 1. The van der Waals surface area contributed by atoms with Gasteiger partial charge in [0.1, 0.15) is 11.4 Å². The van der Waals surface area contributed by atoms with Crippen molar-refractivity contribution in [3.63, 3.8) is 0 Å². The molecule has 5 nitrogen and oxygen atoms in total. The van der Waals surface area contributed by atoms with Crippen LogP contribution in [0.15, 0.2) is 42.5 Å². The first kappa shape index (κ1) is 16.7. The lowest BCUT2D eigenvalue weighted by Gasteiger charge is -2.09. The second kappa shape index (κ2) is 7.54. The monoisotopic (exact) mass is 311 g/mol. The van der Waals surface area contributed by atoms with Crippen molar-refractivity contribution in [2.24, 2.45) is 5.92 Å². The van der Waals surface area contributed by atoms with Gasteiger partial charge in [-0.1, -0.05) is 32.0 Å². The van der Waals surface area contributed by atoms with Crippen molar-refractivity contribution in [3.05, 3.63) is 59.4 Å². The van der Waals surface area contributed by atoms with Gasteiger partial charge in [-0.25, -0.2) is 4.98 Å². The van der Waals surface area contributed by atoms with Gasteiger partial charge in [0, 0.05) is 12.2 Å². The van der Waals surface area contributed by atoms with E-state index in [0.29, 0.717) is 18.2 Å². The van der Waals surface area contributed by atoms with Gasteiger partial charge in [-0.15, -0.1) is 0 Å². The van der Waals surface area contributed by atoms with E-state index in [1.807, 2.05) is 45.0 Å². The van der Waals surface area contributed by atoms with Crippen LogP contribution in [0.1, 0.15) is 40.4 Å². The lowest BCUT2D eigenvalue weighted by Crippen LogP contribution is -2.28. The summed E-state index contributed by atoms with van der Waals surface area (Å²) in [6.07, 6.45) is 0. The van der Waals surface area contributed by atoms with Crippen molar-refractivity contribution in [1.29, 1.82) is 0 Å². The molecule has 1 heterocycles. The zero-order chi connectivity index (χ0) is 16.8. The Morgan fingerprint density at radius 1 is 1.04 bits per heavy atom. The highest BCUT2D eigenvalue weighted by molar-refractivity contribution is 6.03. The van der Waals surface area contributed by atoms with E-state index in [-0.39, 0.29) is 23.2 Å². The van der Waals surface area contributed by atoms with Crippen LogP contribution in [-0.2, 0) is 0 Å². The quantitative estimate of drug-likeness (QED) is 0.891. The molecule has 0 fully saturated rings. The zero-order valence-electron chi connectivity index (χ0n) is 13.6. The smallest absolute Gasteiger partial charge is 0.274 e. The first-order chi connectivity index (χ1) is 11.0. The fraction of sp³-hybridized carbons (Fsp3) is 0.278. The van der Waals surface area contributed by atoms with Crippen molar-refractivity contribution < 1.29 is 9.59 Å². The number of benzene rings is 1. The number of pyridine rings is 1. The van der Waals surface area contributed by atoms with E-state index in [0.717, 1.165) is 5.56 Å². The Bertz CT molecular complexity index is 711. The van der Waals surface area contributed by atoms with E-state index in [1.54, 1.807) is 18.2 Å². The second-order valence-corrected chi connectivity index (χ2v) is 5.84. The van der Waals surface area contributed by atoms with Crippen molar-refractivity contribution in [1.82, 2.24) is 10.3 Å². The van der Waals surface area contributed by atoms with Gasteiger partial charge in [0.2, 0.25) is 0 Å². The Balaban J connectivity index is 2.09. The summed E-state index contributed by atoms with van der Waals surface area (Å²) in [5.74, 6) is -0.259. The highest BCUT2D eigenvalue weighted by Gasteiger charge is 2.12. The van der Waals surface area contributed by atoms with Crippen molar-refractivity contribution >= 4 is 17.5 Å². The Morgan fingerprint density at radius 2 is 1.70 bits per heavy atom. The summed E-state index contributed by atoms with van der Waals surface area (Å²) in [6.45, 7) is 6.55. The third kappa shape index (κ3) is 4.92. The Labute approximate surface area is 136 Å². The third-order valence-corrected chi connectivity index (χ3v) is 3.16. The molecule has 2 amide bonds. The maximum Gasteiger partial charge on any atom is 0.274 e. The molecular weight excluding hydrogens is 290 g/mol. The number of hydrogen-bond acceptors (Lipinski definition) is 3. The van der Waals surface area contributed by atoms with Crippen LogP contribution < -0.4 is 10.6 Å². The van der Waals surface area contributed by atoms with Gasteiger partial charge in [-0.3, -0.25) is 9.59 Å². The van der Waals surface area contributed by atoms with Crippen LogP contribution in [0.2, 0.25) is 0 Å². The molecule has 0 aliphatic rings. The molecule has 0 saturated heterocycles. The van der Waals surface area contributed by atoms with Gasteiger partial charge in [0.15, 0.2) is 0 Å². The summed E-state index contributed by atoms with van der Waals surface area (Å²) >= 11 is 0. The highest BCUT2D eigenvalue weighted by Crippen LogP contribution is 2.11. The molecule has 0 bridgehead atoms. The van der Waals surface area contributed by atoms with Gasteiger partial charge in [-0.2, -0.15) is 0 Å². The average Bonchev–Trinajstić information content (AvgIpc) is 2.52. The molecule has 1 aromatic carbocycles. The van der Waals surface area contributed by atoms with E-state index in [1.165, 1.54) is 0 Å². The van der Waals surface area contributed by atoms with E-state index >= 15 is 0 Å². The predicted octanol–water partition coefficient (Wildman–Crippen LogP) is 3.03. The van der Waals surface area contributed by atoms with Crippen LogP contribution in [0.25, 0.3) is 0 Å². The number of nitrogens with one attached hydrogen (secondary N) is 2. The van der Waals surface area contributed by atoms with Crippen molar-refractivity contribution in [2.45, 2.75) is 20.8 Å². The first-order valence-corrected chi connectivity index (χ1v) is 7.59. The fourth-order valence-electron chi connectivity index (χ4n) is 1.99. The Hall–Kier alpha value is -2.69. The molecule has 0 radical (unpaired) electrons. The topological polar surface area (TPSA) is 71.1 Å². The number of anilines is 1. The van der Waals surface area contributed by atoms with Gasteiger partial charge in [0.25, 0.3) is 11.8 Å². The Morgan fingerprint density at radius 3 is 2.35 bits per heavy atom. The van der Waals surface area contributed by atoms with Gasteiger partial charge in [-0.05, 0) is 42.7 Å². The molecule has 23 heavy (non-hydrogen) atoms. The summed E-state index contributed by atoms with van der Waals surface area (Å²) in [5.41, 5.74) is 2.20. The van der Waals surface area contributed by atoms with Crippen LogP contribution in [0, 0.1) is 12.8 Å². The predicted molar refractivity (Wildman–Crippen MR) is 90.5 cm³/mol. The van der Waals surface area contributed by atoms with Crippen LogP contribution in [-0.4, -0.2) is 23.3 Å². The number of nitrogens with zero attached hydrogens (tertiary/aromatic N) is 1. The van der Waals surface area contributed by atoms with Gasteiger partial charge < -0.3 is 10.6 Å². The number of carbonyl (C=O) groups excluding carboxylic acids is 2. The molecule has 0 saturated carbocycles. The van der Waals surface area contributed by atoms with E-state index in [2.05, 4.69) is 15.6 Å². The number of rotatable bonds is 5. The largest absolute Gasteiger partial charge is 0.350 e. The summed E-state index contributed by atoms with van der Waals surface area (Å²) < 4.78 is 0. The fourth-order valence-corrected chi connectivity index (χ4v) is 1.99. The minimum absolute atomic E-state index is 0.212. The van der Waals surface area contributed by atoms with Gasteiger partial charge >= 0.3 is 0 Å². The van der Waals surface area contributed by atoms with Crippen LogP contribution in [0.4, 0.5) is 5.69 Å². The maximum atomic E-state index is 12.3. The summed E-state index contributed by atoms with van der Waals surface area (Å²) in [4.78, 5) is 28.4. The number of aryl methyl sites for hydroxylation is 1. The zero-order valence-corrected chi connectivity index (χ0v) is 13.6. The maximum absolute atomic E-state index is 12.3. The van der Waals surface area contributed by atoms with Crippen molar-refractivity contribution in [3.8, 4) is 0 Å². The lowest BCUT2D eigenvalue weighted by molar-refractivity contribution is 0.0944. The summed E-state index contributed by atoms with van der Waals surface area (Å²) in [5, 5.41) is 5.57. The first-order valence-electron chi connectivity index (χ1n) is 7.59. The summed E-state index contributed by atoms with van der Waals surface area (Å²) in [6, 6.07) is 12.3. The number of hydrogen-bond donors (Lipinski definition) is 2. The minimum Gasteiger partial charge on any atom is -0.350 e. The molecule has 0 aliphatic carbocycles. The normalized spacial score (nSPS) is 10.4. The van der Waals surface area contributed by atoms with Crippen LogP contribution >= 0.6 is 0 Å². The molecule has 0 aliphatic heterocycles. The molecule has 5 heteroatoms. The standard InChI is InChI=1S/C18H21N3O2/c1-12(2)11-19-17(22)15-8-5-9-16(21-15)18(23)20-14-7-4-6-13(3)10-14/h4-10,12H,11H2,1-3H3,(H,19,22)(H,20,23). The molecule has 2 rings (SSSR count). The molecule has 2 N–H and O–H groups in total. The summed E-state index contributed by atoms with van der Waals surface area (Å²) in [7, 11) is 0. The van der Waals surface area contributed by atoms with Crippen LogP contribution in [0.3, 0.4) is 0 Å². The number of amides is 2. The molecule has 0 atom stereocenters. The minimum atomic E-state index is -0.339. The molecular formula is C18H21N3O2. The molecule has 1 aromatic heterocycles. The Kier molecular flexibility index (Phi) is 5.46. The molecule has 120 valence electrons. The van der Waals surface area contributed by atoms with E-state index in [4.69, 9.17) is 0 Å². The molecule has 0 unspecified atom stereocenters. The highest BCUT2D eigenvalue weighted by atomic mass is 16.2. The SMILES string of the molecule is Cc1cccc(NC(=O)c2cccc(C(=O)NCC(C)C)n2)c1. The van der Waals surface area contributed by atoms with E-state index < -0.39 is 0 Å². The third-order valence-electron chi connectivity index (χ3n) is 3.16. The van der Waals surface area contributed by atoms with E-state index in [9.17, 15) is 9.59 Å². The lowest BCUT2D eigenvalue weighted by atomic mass is 10.2. The average molecular weight is 311 g/mol.